The zero-order valence-corrected chi connectivity index (χ0v) is 20.0. The van der Waals surface area contributed by atoms with Crippen molar-refractivity contribution in [3.8, 4) is 0 Å². The van der Waals surface area contributed by atoms with Gasteiger partial charge >= 0.3 is 4.87 Å². The van der Waals surface area contributed by atoms with Crippen LogP contribution in [0.15, 0.2) is 76.4 Å². The molecule has 5 nitrogen and oxygen atoms in total. The highest BCUT2D eigenvalue weighted by atomic mass is 32.2. The van der Waals surface area contributed by atoms with Crippen LogP contribution >= 0.6 is 11.3 Å². The number of hydrogen-bond donors (Lipinski definition) is 1. The van der Waals surface area contributed by atoms with Gasteiger partial charge in [0.2, 0.25) is 10.0 Å². The van der Waals surface area contributed by atoms with Gasteiger partial charge in [-0.1, -0.05) is 72.4 Å². The van der Waals surface area contributed by atoms with Crippen molar-refractivity contribution >= 4 is 31.6 Å². The lowest BCUT2D eigenvalue weighted by Gasteiger charge is -2.20. The second-order valence-electron chi connectivity index (χ2n) is 8.01. The summed E-state index contributed by atoms with van der Waals surface area (Å²) in [4.78, 5) is 12.7. The number of sulfonamides is 1. The second kappa shape index (κ2) is 9.02. The van der Waals surface area contributed by atoms with Crippen molar-refractivity contribution in [1.29, 1.82) is 0 Å². The number of fused-ring (bicyclic) bond motifs is 1. The Bertz CT molecular complexity index is 1420. The van der Waals surface area contributed by atoms with Gasteiger partial charge in [0.05, 0.1) is 21.7 Å². The van der Waals surface area contributed by atoms with Gasteiger partial charge in [0.25, 0.3) is 0 Å². The van der Waals surface area contributed by atoms with E-state index in [0.29, 0.717) is 17.7 Å². The van der Waals surface area contributed by atoms with Crippen LogP contribution in [0.25, 0.3) is 10.2 Å². The highest BCUT2D eigenvalue weighted by Crippen LogP contribution is 2.26. The quantitative estimate of drug-likeness (QED) is 0.409. The van der Waals surface area contributed by atoms with Crippen LogP contribution in [-0.2, 0) is 16.6 Å². The van der Waals surface area contributed by atoms with Crippen molar-refractivity contribution in [2.75, 3.05) is 0 Å². The number of benzene rings is 3. The van der Waals surface area contributed by atoms with Gasteiger partial charge in [-0.3, -0.25) is 9.36 Å². The molecule has 32 heavy (non-hydrogen) atoms. The normalized spacial score (nSPS) is 12.8. The fourth-order valence-electron chi connectivity index (χ4n) is 3.97. The third-order valence-electron chi connectivity index (χ3n) is 5.64. The van der Waals surface area contributed by atoms with Gasteiger partial charge < -0.3 is 0 Å². The number of nitrogens with one attached hydrogen (secondary N) is 1. The molecule has 0 spiro atoms. The van der Waals surface area contributed by atoms with E-state index in [4.69, 9.17) is 0 Å². The zero-order valence-electron chi connectivity index (χ0n) is 18.3. The molecule has 1 unspecified atom stereocenters. The number of aromatic nitrogens is 1. The Morgan fingerprint density at radius 3 is 2.44 bits per heavy atom. The Labute approximate surface area is 192 Å². The van der Waals surface area contributed by atoms with Crippen LogP contribution in [0.5, 0.6) is 0 Å². The fraction of sp³-hybridized carbons (Fsp3) is 0.240. The average molecular weight is 467 g/mol. The smallest absolute Gasteiger partial charge is 0.294 e. The van der Waals surface area contributed by atoms with Gasteiger partial charge in [-0.2, -0.15) is 0 Å². The molecular weight excluding hydrogens is 440 g/mol. The standard InChI is InChI=1S/C25H26N2O3S2/c1-4-22(21-12-10-17(2)14-18(21)3)26-32(29,30)20-11-13-23-24(15-20)31-25(28)27(23)16-19-8-6-5-7-9-19/h5-15,22,26H,4,16H2,1-3H3. The minimum atomic E-state index is -3.76. The molecule has 1 heterocycles. The molecule has 0 aliphatic carbocycles. The van der Waals surface area contributed by atoms with Crippen LogP contribution in [0.1, 0.15) is 41.6 Å². The Hall–Kier alpha value is -2.74. The molecule has 7 heteroatoms. The van der Waals surface area contributed by atoms with E-state index in [1.54, 1.807) is 22.8 Å². The first-order chi connectivity index (χ1) is 15.3. The maximum absolute atomic E-state index is 13.2. The van der Waals surface area contributed by atoms with Crippen molar-refractivity contribution in [1.82, 2.24) is 9.29 Å². The molecule has 0 amide bonds. The third-order valence-corrected chi connectivity index (χ3v) is 8.05. The molecule has 1 atom stereocenters. The summed E-state index contributed by atoms with van der Waals surface area (Å²) in [5.41, 5.74) is 4.94. The predicted molar refractivity (Wildman–Crippen MR) is 131 cm³/mol. The van der Waals surface area contributed by atoms with E-state index in [1.807, 2.05) is 63.2 Å². The highest BCUT2D eigenvalue weighted by molar-refractivity contribution is 7.89. The predicted octanol–water partition coefficient (Wildman–Crippen LogP) is 5.16. The summed E-state index contributed by atoms with van der Waals surface area (Å²) in [5.74, 6) is 0. The molecule has 166 valence electrons. The van der Waals surface area contributed by atoms with Crippen LogP contribution in [0.3, 0.4) is 0 Å². The first-order valence-electron chi connectivity index (χ1n) is 10.6. The topological polar surface area (TPSA) is 68.2 Å². The summed E-state index contributed by atoms with van der Waals surface area (Å²) in [5, 5.41) is 0. The highest BCUT2D eigenvalue weighted by Gasteiger charge is 2.22. The molecule has 0 bridgehead atoms. The molecule has 3 aromatic carbocycles. The van der Waals surface area contributed by atoms with Crippen LogP contribution in [0, 0.1) is 13.8 Å². The van der Waals surface area contributed by atoms with Gasteiger partial charge in [-0.05, 0) is 55.2 Å². The molecule has 0 aliphatic rings. The van der Waals surface area contributed by atoms with Gasteiger partial charge in [0.15, 0.2) is 0 Å². The molecule has 1 aromatic heterocycles. The van der Waals surface area contributed by atoms with Crippen LogP contribution in [0.4, 0.5) is 0 Å². The first kappa shape index (κ1) is 22.5. The number of rotatable bonds is 7. The van der Waals surface area contributed by atoms with Crippen molar-refractivity contribution in [3.05, 3.63) is 98.7 Å². The molecule has 0 fully saturated rings. The number of nitrogens with zero attached hydrogens (tertiary/aromatic N) is 1. The third kappa shape index (κ3) is 4.55. The number of thiazole rings is 1. The van der Waals surface area contributed by atoms with E-state index in [2.05, 4.69) is 10.8 Å². The summed E-state index contributed by atoms with van der Waals surface area (Å²) in [6.45, 7) is 6.44. The average Bonchev–Trinajstić information content (AvgIpc) is 3.07. The van der Waals surface area contributed by atoms with Gasteiger partial charge in [0, 0.05) is 6.04 Å². The Balaban J connectivity index is 1.65. The van der Waals surface area contributed by atoms with Crippen LogP contribution in [-0.4, -0.2) is 13.0 Å². The summed E-state index contributed by atoms with van der Waals surface area (Å²) in [6.07, 6.45) is 0.631. The van der Waals surface area contributed by atoms with Gasteiger partial charge in [-0.15, -0.1) is 0 Å². The molecule has 0 saturated heterocycles. The first-order valence-corrected chi connectivity index (χ1v) is 12.9. The van der Waals surface area contributed by atoms with Crippen molar-refractivity contribution in [3.63, 3.8) is 0 Å². The minimum Gasteiger partial charge on any atom is -0.294 e. The van der Waals surface area contributed by atoms with E-state index in [1.165, 1.54) is 0 Å². The van der Waals surface area contributed by atoms with E-state index in [9.17, 15) is 13.2 Å². The Kier molecular flexibility index (Phi) is 6.33. The SMILES string of the molecule is CCC(NS(=O)(=O)c1ccc2c(c1)sc(=O)n2Cc1ccccc1)c1ccc(C)cc1C. The van der Waals surface area contributed by atoms with E-state index in [0.717, 1.165) is 39.1 Å². The Morgan fingerprint density at radius 2 is 1.75 bits per heavy atom. The van der Waals surface area contributed by atoms with Gasteiger partial charge in [-0.25, -0.2) is 13.1 Å². The maximum Gasteiger partial charge on any atom is 0.308 e. The van der Waals surface area contributed by atoms with E-state index in [-0.39, 0.29) is 15.8 Å². The largest absolute Gasteiger partial charge is 0.308 e. The van der Waals surface area contributed by atoms with E-state index < -0.39 is 10.0 Å². The molecular formula is C25H26N2O3S2. The summed E-state index contributed by atoms with van der Waals surface area (Å²) in [6, 6.07) is 20.4. The lowest BCUT2D eigenvalue weighted by Crippen LogP contribution is -2.28. The summed E-state index contributed by atoms with van der Waals surface area (Å²) < 4.78 is 31.6. The molecule has 4 rings (SSSR count). The monoisotopic (exact) mass is 466 g/mol. The molecule has 0 aliphatic heterocycles. The molecule has 0 radical (unpaired) electrons. The summed E-state index contributed by atoms with van der Waals surface area (Å²) in [7, 11) is -3.76. The van der Waals surface area contributed by atoms with Crippen molar-refractivity contribution in [2.45, 2.75) is 44.7 Å². The minimum absolute atomic E-state index is 0.104. The Morgan fingerprint density at radius 1 is 1.00 bits per heavy atom. The lowest BCUT2D eigenvalue weighted by atomic mass is 9.98. The maximum atomic E-state index is 13.2. The number of hydrogen-bond acceptors (Lipinski definition) is 4. The second-order valence-corrected chi connectivity index (χ2v) is 10.7. The van der Waals surface area contributed by atoms with E-state index >= 15 is 0 Å². The summed E-state index contributed by atoms with van der Waals surface area (Å²) >= 11 is 1.07. The van der Waals surface area contributed by atoms with Gasteiger partial charge in [0.1, 0.15) is 0 Å². The molecule has 0 saturated carbocycles. The van der Waals surface area contributed by atoms with Crippen LogP contribution in [0.2, 0.25) is 0 Å². The van der Waals surface area contributed by atoms with Crippen LogP contribution < -0.4 is 9.60 Å². The van der Waals surface area contributed by atoms with Crippen molar-refractivity contribution in [2.24, 2.45) is 0 Å². The number of aryl methyl sites for hydroxylation is 2. The molecule has 4 aromatic rings. The lowest BCUT2D eigenvalue weighted by molar-refractivity contribution is 0.549. The molecule has 1 N–H and O–H groups in total. The van der Waals surface area contributed by atoms with Crippen molar-refractivity contribution < 1.29 is 8.42 Å². The zero-order chi connectivity index (χ0) is 22.9. The fourth-order valence-corrected chi connectivity index (χ4v) is 6.30.